The highest BCUT2D eigenvalue weighted by Gasteiger charge is 2.32. The Morgan fingerprint density at radius 1 is 1.02 bits per heavy atom. The van der Waals surface area contributed by atoms with Crippen molar-refractivity contribution in [3.05, 3.63) is 59.7 Å². The molecule has 0 spiro atoms. The van der Waals surface area contributed by atoms with Crippen molar-refractivity contribution in [1.82, 2.24) is 0 Å². The van der Waals surface area contributed by atoms with Gasteiger partial charge in [-0.05, 0) is 79.6 Å². The number of carbonyl (C=O) groups excluding carboxylic acids is 2. The number of carbonyl (C=O) groups is 2. The van der Waals surface area contributed by atoms with Crippen molar-refractivity contribution in [3.8, 4) is 5.75 Å². The van der Waals surface area contributed by atoms with Crippen LogP contribution in [0.25, 0.3) is 6.08 Å². The second-order valence-electron chi connectivity index (χ2n) is 10.1. The van der Waals surface area contributed by atoms with Crippen LogP contribution in [0.4, 0.5) is 24.5 Å². The van der Waals surface area contributed by atoms with Crippen LogP contribution in [0.1, 0.15) is 68.9 Å². The number of anilines is 2. The number of halogens is 3. The summed E-state index contributed by atoms with van der Waals surface area (Å²) in [5, 5.41) is 0. The first kappa shape index (κ1) is 31.0. The molecule has 10 heteroatoms. The molecule has 1 aliphatic rings. The van der Waals surface area contributed by atoms with Crippen molar-refractivity contribution in [1.29, 1.82) is 0 Å². The van der Waals surface area contributed by atoms with Crippen LogP contribution in [-0.4, -0.2) is 37.4 Å². The number of unbranched alkanes of at least 4 members (excludes halogenated alkanes) is 1. The molecule has 1 aliphatic carbocycles. The maximum absolute atomic E-state index is 12.5. The largest absolute Gasteiger partial charge is 0.462 e. The first-order valence-corrected chi connectivity index (χ1v) is 13.5. The number of hydrogen-bond donors (Lipinski definition) is 2. The third-order valence-corrected chi connectivity index (χ3v) is 6.80. The fourth-order valence-corrected chi connectivity index (χ4v) is 4.65. The monoisotopic (exact) mass is 562 g/mol. The summed E-state index contributed by atoms with van der Waals surface area (Å²) in [5.41, 5.74) is 14.7. The summed E-state index contributed by atoms with van der Waals surface area (Å²) in [6.07, 6.45) is 2.48. The molecule has 7 nitrogen and oxygen atoms in total. The Hall–Kier alpha value is -3.53. The van der Waals surface area contributed by atoms with Gasteiger partial charge in [0.05, 0.1) is 18.6 Å². The average Bonchev–Trinajstić information content (AvgIpc) is 2.91. The van der Waals surface area contributed by atoms with Gasteiger partial charge in [0.25, 0.3) is 0 Å². The Morgan fingerprint density at radius 2 is 1.68 bits per heavy atom. The van der Waals surface area contributed by atoms with Gasteiger partial charge in [0, 0.05) is 23.4 Å². The van der Waals surface area contributed by atoms with E-state index in [4.69, 9.17) is 25.7 Å². The van der Waals surface area contributed by atoms with E-state index in [-0.39, 0.29) is 18.4 Å². The highest BCUT2D eigenvalue weighted by molar-refractivity contribution is 5.87. The summed E-state index contributed by atoms with van der Waals surface area (Å²) in [6.45, 7) is 1.03. The SMILES string of the molecule is CCCCC(COC(=O)/C=C/c1ccc(OC(=O)C2CCC(OCC(F)(F)F)CC2)cc1)c1cc(N)cc(N)c1. The van der Waals surface area contributed by atoms with Crippen LogP contribution in [-0.2, 0) is 19.1 Å². The number of benzene rings is 2. The van der Waals surface area contributed by atoms with E-state index < -0.39 is 30.8 Å². The van der Waals surface area contributed by atoms with E-state index in [1.54, 1.807) is 36.4 Å². The summed E-state index contributed by atoms with van der Waals surface area (Å²) in [6, 6.07) is 12.0. The van der Waals surface area contributed by atoms with Crippen LogP contribution in [0.15, 0.2) is 48.5 Å². The minimum atomic E-state index is -4.36. The Bertz CT molecular complexity index is 1120. The number of hydrogen-bond acceptors (Lipinski definition) is 7. The van der Waals surface area contributed by atoms with Gasteiger partial charge in [-0.15, -0.1) is 0 Å². The number of alkyl halides is 3. The summed E-state index contributed by atoms with van der Waals surface area (Å²) in [5.74, 6) is -0.950. The van der Waals surface area contributed by atoms with Crippen LogP contribution < -0.4 is 16.2 Å². The third kappa shape index (κ3) is 10.6. The average molecular weight is 563 g/mol. The molecule has 0 radical (unpaired) electrons. The van der Waals surface area contributed by atoms with Gasteiger partial charge >= 0.3 is 18.1 Å². The van der Waals surface area contributed by atoms with Crippen molar-refractivity contribution in [2.75, 3.05) is 24.7 Å². The van der Waals surface area contributed by atoms with E-state index in [0.717, 1.165) is 24.8 Å². The zero-order valence-corrected chi connectivity index (χ0v) is 22.6. The van der Waals surface area contributed by atoms with Crippen molar-refractivity contribution in [2.45, 2.75) is 70.1 Å². The van der Waals surface area contributed by atoms with E-state index >= 15 is 0 Å². The van der Waals surface area contributed by atoms with E-state index in [1.165, 1.54) is 6.08 Å². The maximum atomic E-state index is 12.5. The van der Waals surface area contributed by atoms with Crippen molar-refractivity contribution in [3.63, 3.8) is 0 Å². The van der Waals surface area contributed by atoms with Crippen LogP contribution >= 0.6 is 0 Å². The Balaban J connectivity index is 1.45. The Kier molecular flexibility index (Phi) is 11.4. The van der Waals surface area contributed by atoms with Gasteiger partial charge in [-0.1, -0.05) is 31.9 Å². The van der Waals surface area contributed by atoms with Crippen LogP contribution in [0.2, 0.25) is 0 Å². The molecule has 0 aromatic heterocycles. The molecule has 1 saturated carbocycles. The van der Waals surface area contributed by atoms with Gasteiger partial charge in [0.15, 0.2) is 0 Å². The summed E-state index contributed by atoms with van der Waals surface area (Å²) >= 11 is 0. The molecule has 1 unspecified atom stereocenters. The van der Waals surface area contributed by atoms with Crippen molar-refractivity contribution >= 4 is 29.4 Å². The minimum absolute atomic E-state index is 0.0143. The molecule has 40 heavy (non-hydrogen) atoms. The molecular weight excluding hydrogens is 525 g/mol. The molecule has 0 amide bonds. The Labute approximate surface area is 232 Å². The third-order valence-electron chi connectivity index (χ3n) is 6.80. The van der Waals surface area contributed by atoms with Gasteiger partial charge in [0.2, 0.25) is 0 Å². The fraction of sp³-hybridized carbons (Fsp3) is 0.467. The lowest BCUT2D eigenvalue weighted by Crippen LogP contribution is -2.31. The van der Waals surface area contributed by atoms with Crippen molar-refractivity contribution < 1.29 is 37.0 Å². The zero-order valence-electron chi connectivity index (χ0n) is 22.6. The molecule has 3 rings (SSSR count). The quantitative estimate of drug-likeness (QED) is 0.133. The molecular formula is C30H37F3N2O5. The second kappa shape index (κ2) is 14.7. The molecule has 4 N–H and O–H groups in total. The van der Waals surface area contributed by atoms with E-state index in [2.05, 4.69) is 6.92 Å². The molecule has 1 fully saturated rings. The van der Waals surface area contributed by atoms with Gasteiger partial charge in [0.1, 0.15) is 12.4 Å². The molecule has 218 valence electrons. The van der Waals surface area contributed by atoms with Crippen LogP contribution in [0.5, 0.6) is 5.75 Å². The van der Waals surface area contributed by atoms with Crippen molar-refractivity contribution in [2.24, 2.45) is 5.92 Å². The lowest BCUT2D eigenvalue weighted by molar-refractivity contribution is -0.189. The molecule has 0 saturated heterocycles. The number of ether oxygens (including phenoxy) is 3. The molecule has 0 bridgehead atoms. The molecule has 2 aromatic carbocycles. The highest BCUT2D eigenvalue weighted by atomic mass is 19.4. The normalized spacial score (nSPS) is 18.4. The van der Waals surface area contributed by atoms with E-state index in [0.29, 0.717) is 48.4 Å². The summed E-state index contributed by atoms with van der Waals surface area (Å²) in [4.78, 5) is 24.9. The lowest BCUT2D eigenvalue weighted by Gasteiger charge is -2.27. The van der Waals surface area contributed by atoms with Gasteiger partial charge < -0.3 is 25.7 Å². The highest BCUT2D eigenvalue weighted by Crippen LogP contribution is 2.30. The molecule has 2 aromatic rings. The van der Waals surface area contributed by atoms with Crippen LogP contribution in [0, 0.1) is 5.92 Å². The molecule has 1 atom stereocenters. The lowest BCUT2D eigenvalue weighted by atomic mass is 9.87. The summed E-state index contributed by atoms with van der Waals surface area (Å²) in [7, 11) is 0. The number of rotatable bonds is 12. The van der Waals surface area contributed by atoms with Gasteiger partial charge in [-0.25, -0.2) is 4.79 Å². The predicted molar refractivity (Wildman–Crippen MR) is 147 cm³/mol. The minimum Gasteiger partial charge on any atom is -0.462 e. The predicted octanol–water partition coefficient (Wildman–Crippen LogP) is 6.42. The standard InChI is InChI=1S/C30H37F3N2O5/c1-2-3-4-22(23-15-24(34)17-25(35)16-23)18-38-28(36)14-7-20-5-10-27(11-6-20)40-29(37)21-8-12-26(13-9-21)39-19-30(31,32)33/h5-7,10-11,14-17,21-22,26H,2-4,8-9,12-13,18-19,34-35H2,1H3/b14-7+. The topological polar surface area (TPSA) is 114 Å². The van der Waals surface area contributed by atoms with Crippen LogP contribution in [0.3, 0.4) is 0 Å². The number of nitrogens with two attached hydrogens (primary N) is 2. The Morgan fingerprint density at radius 3 is 2.27 bits per heavy atom. The van der Waals surface area contributed by atoms with Gasteiger partial charge in [-0.3, -0.25) is 4.79 Å². The molecule has 0 aliphatic heterocycles. The maximum Gasteiger partial charge on any atom is 0.411 e. The second-order valence-corrected chi connectivity index (χ2v) is 10.1. The fourth-order valence-electron chi connectivity index (χ4n) is 4.65. The van der Waals surface area contributed by atoms with E-state index in [1.807, 2.05) is 12.1 Å². The van der Waals surface area contributed by atoms with Gasteiger partial charge in [-0.2, -0.15) is 13.2 Å². The number of nitrogen functional groups attached to an aromatic ring is 2. The number of esters is 2. The molecule has 0 heterocycles. The first-order valence-electron chi connectivity index (χ1n) is 13.5. The van der Waals surface area contributed by atoms with E-state index in [9.17, 15) is 22.8 Å². The zero-order chi connectivity index (χ0) is 29.1. The first-order chi connectivity index (χ1) is 19.0. The smallest absolute Gasteiger partial charge is 0.411 e. The summed E-state index contributed by atoms with van der Waals surface area (Å²) < 4.78 is 52.8.